The third kappa shape index (κ3) is 5.97. The van der Waals surface area contributed by atoms with Crippen LogP contribution in [0.2, 0.25) is 0 Å². The summed E-state index contributed by atoms with van der Waals surface area (Å²) in [6.07, 6.45) is 3.54. The van der Waals surface area contributed by atoms with Crippen molar-refractivity contribution in [3.63, 3.8) is 0 Å². The van der Waals surface area contributed by atoms with Gasteiger partial charge in [-0.05, 0) is 57.1 Å². The van der Waals surface area contributed by atoms with Gasteiger partial charge in [-0.25, -0.2) is 14.8 Å². The summed E-state index contributed by atoms with van der Waals surface area (Å²) in [6.45, 7) is 8.08. The molecule has 0 radical (unpaired) electrons. The molecule has 0 spiro atoms. The molecular weight excluding hydrogens is 404 g/mol. The highest BCUT2D eigenvalue weighted by Crippen LogP contribution is 2.39. The summed E-state index contributed by atoms with van der Waals surface area (Å²) < 4.78 is 7.60. The fraction of sp³-hybridized carbons (Fsp3) is 0.458. The van der Waals surface area contributed by atoms with Crippen molar-refractivity contribution in [3.05, 3.63) is 53.0 Å². The van der Waals surface area contributed by atoms with Crippen molar-refractivity contribution < 1.29 is 9.53 Å². The largest absolute Gasteiger partial charge is 0.382 e. The Morgan fingerprint density at radius 2 is 1.94 bits per heavy atom. The molecule has 1 aliphatic rings. The van der Waals surface area contributed by atoms with Gasteiger partial charge in [0.2, 0.25) is 0 Å². The molecule has 0 unspecified atom stereocenters. The Balaban J connectivity index is 0.000000264. The number of aryl methyl sites for hydroxylation is 3. The second-order valence-electron chi connectivity index (χ2n) is 8.05. The van der Waals surface area contributed by atoms with Crippen LogP contribution < -0.4 is 16.8 Å². The molecule has 0 atom stereocenters. The maximum Gasteiger partial charge on any atom is 0.312 e. The van der Waals surface area contributed by atoms with Crippen LogP contribution in [0.4, 0.5) is 10.6 Å². The molecule has 0 bridgehead atoms. The highest BCUT2D eigenvalue weighted by molar-refractivity contribution is 5.88. The van der Waals surface area contributed by atoms with Gasteiger partial charge < -0.3 is 26.1 Å². The van der Waals surface area contributed by atoms with E-state index in [1.165, 1.54) is 18.4 Å². The molecule has 2 aromatic heterocycles. The van der Waals surface area contributed by atoms with Crippen molar-refractivity contribution in [2.24, 2.45) is 5.73 Å². The van der Waals surface area contributed by atoms with E-state index in [0.29, 0.717) is 37.6 Å². The van der Waals surface area contributed by atoms with Gasteiger partial charge in [0.05, 0.1) is 5.52 Å². The van der Waals surface area contributed by atoms with E-state index in [9.17, 15) is 4.79 Å². The lowest BCUT2D eigenvalue weighted by Crippen LogP contribution is -2.30. The molecule has 1 saturated carbocycles. The van der Waals surface area contributed by atoms with E-state index in [0.717, 1.165) is 34.9 Å². The van der Waals surface area contributed by atoms with Gasteiger partial charge in [-0.15, -0.1) is 0 Å². The molecule has 5 N–H and O–H groups in total. The van der Waals surface area contributed by atoms with Crippen molar-refractivity contribution in [1.82, 2.24) is 19.9 Å². The molecule has 0 saturated heterocycles. The third-order valence-electron chi connectivity index (χ3n) is 5.62. The zero-order valence-corrected chi connectivity index (χ0v) is 19.2. The van der Waals surface area contributed by atoms with Crippen LogP contribution in [-0.4, -0.2) is 33.7 Å². The van der Waals surface area contributed by atoms with Gasteiger partial charge in [0.25, 0.3) is 0 Å². The van der Waals surface area contributed by atoms with E-state index in [2.05, 4.69) is 50.2 Å². The molecule has 0 aliphatic heterocycles. The van der Waals surface area contributed by atoms with E-state index in [-0.39, 0.29) is 0 Å². The summed E-state index contributed by atoms with van der Waals surface area (Å²) in [7, 11) is 0. The number of carbonyl (C=O) groups is 1. The van der Waals surface area contributed by atoms with Crippen LogP contribution in [0, 0.1) is 13.8 Å². The lowest BCUT2D eigenvalue weighted by molar-refractivity contribution is 0.126. The van der Waals surface area contributed by atoms with E-state index in [1.54, 1.807) is 0 Å². The maximum absolute atomic E-state index is 10.8. The number of ether oxygens (including phenoxy) is 1. The lowest BCUT2D eigenvalue weighted by Gasteiger charge is -2.12. The standard InChI is InChI=1S/C15H24N6O2.C9H10/c1-4-23-8-11-20-12-13(9(2)10(3)19-14(12)16)21(11)7-5-6-18-15(17)22;1-2-4-8(5-3-1)9-6-7-9/h4-8H2,1-3H3,(H2,16,19)(H3,17,18,22);1-5,9H,6-7H2. The Labute approximate surface area is 189 Å². The van der Waals surface area contributed by atoms with Crippen molar-refractivity contribution >= 4 is 22.9 Å². The molecule has 1 fully saturated rings. The van der Waals surface area contributed by atoms with Gasteiger partial charge in [0, 0.05) is 25.4 Å². The molecule has 1 aliphatic carbocycles. The molecule has 1 aromatic carbocycles. The lowest BCUT2D eigenvalue weighted by atomic mass is 10.1. The molecular formula is C24H34N6O2. The quantitative estimate of drug-likeness (QED) is 0.462. The van der Waals surface area contributed by atoms with Crippen molar-refractivity contribution in [2.45, 2.75) is 59.1 Å². The highest BCUT2D eigenvalue weighted by atomic mass is 16.5. The molecule has 2 amide bonds. The number of carbonyl (C=O) groups excluding carboxylic acids is 1. The van der Waals surface area contributed by atoms with Crippen molar-refractivity contribution in [3.8, 4) is 0 Å². The summed E-state index contributed by atoms with van der Waals surface area (Å²) in [5.41, 5.74) is 16.3. The fourth-order valence-corrected chi connectivity index (χ4v) is 3.68. The number of nitrogens with two attached hydrogens (primary N) is 2. The molecule has 172 valence electrons. The monoisotopic (exact) mass is 438 g/mol. The van der Waals surface area contributed by atoms with E-state index < -0.39 is 6.03 Å². The van der Waals surface area contributed by atoms with Gasteiger partial charge in [-0.2, -0.15) is 0 Å². The second kappa shape index (κ2) is 10.9. The van der Waals surface area contributed by atoms with Crippen LogP contribution in [0.15, 0.2) is 30.3 Å². The first-order valence-corrected chi connectivity index (χ1v) is 11.2. The van der Waals surface area contributed by atoms with Gasteiger partial charge >= 0.3 is 6.03 Å². The number of urea groups is 1. The number of rotatable bonds is 8. The number of pyridine rings is 1. The second-order valence-corrected chi connectivity index (χ2v) is 8.05. The number of primary amides is 1. The number of anilines is 1. The predicted molar refractivity (Wildman–Crippen MR) is 127 cm³/mol. The number of hydrogen-bond acceptors (Lipinski definition) is 5. The molecule has 32 heavy (non-hydrogen) atoms. The van der Waals surface area contributed by atoms with E-state index in [1.807, 2.05) is 20.8 Å². The summed E-state index contributed by atoms with van der Waals surface area (Å²) in [5, 5.41) is 2.59. The van der Waals surface area contributed by atoms with Gasteiger partial charge in [0.15, 0.2) is 5.82 Å². The normalized spacial score (nSPS) is 13.0. The van der Waals surface area contributed by atoms with Gasteiger partial charge in [-0.3, -0.25) is 0 Å². The maximum atomic E-state index is 10.8. The summed E-state index contributed by atoms with van der Waals surface area (Å²) in [4.78, 5) is 19.7. The predicted octanol–water partition coefficient (Wildman–Crippen LogP) is 3.79. The number of aromatic nitrogens is 3. The molecule has 8 heteroatoms. The van der Waals surface area contributed by atoms with Crippen LogP contribution in [-0.2, 0) is 17.9 Å². The Morgan fingerprint density at radius 3 is 2.56 bits per heavy atom. The molecule has 8 nitrogen and oxygen atoms in total. The smallest absolute Gasteiger partial charge is 0.312 e. The van der Waals surface area contributed by atoms with E-state index >= 15 is 0 Å². The average Bonchev–Trinajstić information content (AvgIpc) is 3.56. The molecule has 3 aromatic rings. The zero-order valence-electron chi connectivity index (χ0n) is 19.2. The Kier molecular flexibility index (Phi) is 8.05. The van der Waals surface area contributed by atoms with Crippen molar-refractivity contribution in [2.75, 3.05) is 18.9 Å². The highest BCUT2D eigenvalue weighted by Gasteiger charge is 2.22. The van der Waals surface area contributed by atoms with Gasteiger partial charge in [-0.1, -0.05) is 30.3 Å². The summed E-state index contributed by atoms with van der Waals surface area (Å²) >= 11 is 0. The topological polar surface area (TPSA) is 121 Å². The minimum Gasteiger partial charge on any atom is -0.382 e. The fourth-order valence-electron chi connectivity index (χ4n) is 3.68. The first kappa shape index (κ1) is 23.5. The number of nitrogen functional groups attached to an aromatic ring is 1. The first-order chi connectivity index (χ1) is 15.4. The summed E-state index contributed by atoms with van der Waals surface area (Å²) in [6, 6.07) is 10.2. The van der Waals surface area contributed by atoms with Crippen molar-refractivity contribution in [1.29, 1.82) is 0 Å². The number of amides is 2. The Morgan fingerprint density at radius 1 is 1.22 bits per heavy atom. The third-order valence-corrected chi connectivity index (χ3v) is 5.62. The van der Waals surface area contributed by atoms with Crippen LogP contribution in [0.1, 0.15) is 54.7 Å². The Hall–Kier alpha value is -3.13. The average molecular weight is 439 g/mol. The number of fused-ring (bicyclic) bond motifs is 1. The molecule has 4 rings (SSSR count). The number of nitrogens with zero attached hydrogens (tertiary/aromatic N) is 3. The van der Waals surface area contributed by atoms with Gasteiger partial charge in [0.1, 0.15) is 17.9 Å². The van der Waals surface area contributed by atoms with E-state index in [4.69, 9.17) is 16.2 Å². The molecule has 2 heterocycles. The van der Waals surface area contributed by atoms with Crippen LogP contribution >= 0.6 is 0 Å². The number of hydrogen-bond donors (Lipinski definition) is 3. The Bertz CT molecular complexity index is 1040. The number of benzene rings is 1. The number of imidazole rings is 1. The van der Waals surface area contributed by atoms with Crippen LogP contribution in [0.5, 0.6) is 0 Å². The minimum atomic E-state index is -0.518. The first-order valence-electron chi connectivity index (χ1n) is 11.2. The minimum absolute atomic E-state index is 0.409. The zero-order chi connectivity index (χ0) is 23.1. The number of nitrogens with one attached hydrogen (secondary N) is 1. The van der Waals surface area contributed by atoms with Crippen LogP contribution in [0.25, 0.3) is 11.0 Å². The summed E-state index contributed by atoms with van der Waals surface area (Å²) in [5.74, 6) is 2.14. The van der Waals surface area contributed by atoms with Crippen LogP contribution in [0.3, 0.4) is 0 Å². The SMILES string of the molecule is CCOCc1nc2c(N)nc(C)c(C)c2n1CCCNC(N)=O.c1ccc(C2CC2)cc1.